The normalized spacial score (nSPS) is 12.1. The molecule has 10 heterocycles. The van der Waals surface area contributed by atoms with Crippen molar-refractivity contribution in [3.05, 3.63) is 308 Å². The van der Waals surface area contributed by atoms with E-state index in [0.29, 0.717) is 109 Å². The lowest BCUT2D eigenvalue weighted by Gasteiger charge is -2.29. The largest absolute Gasteiger partial charge is 0.461 e. The number of nitrogens with zero attached hydrogens (tertiary/aromatic N) is 9. The Labute approximate surface area is 611 Å². The van der Waals surface area contributed by atoms with Crippen LogP contribution in [0.4, 0.5) is 18.9 Å². The van der Waals surface area contributed by atoms with Gasteiger partial charge in [-0.05, 0) is 235 Å². The predicted molar refractivity (Wildman–Crippen MR) is 401 cm³/mol. The van der Waals surface area contributed by atoms with Gasteiger partial charge < -0.3 is 22.9 Å². The summed E-state index contributed by atoms with van der Waals surface area (Å²) in [6.45, 7) is 11.3. The van der Waals surface area contributed by atoms with Crippen molar-refractivity contribution < 1.29 is 31.2 Å². The third kappa shape index (κ3) is 21.5. The highest BCUT2D eigenvalue weighted by Gasteiger charge is 2.23. The summed E-state index contributed by atoms with van der Waals surface area (Å²) in [5.41, 5.74) is 9.72. The van der Waals surface area contributed by atoms with E-state index < -0.39 is 17.5 Å². The van der Waals surface area contributed by atoms with Gasteiger partial charge in [-0.2, -0.15) is 0 Å². The number of halogens is 6. The van der Waals surface area contributed by atoms with E-state index >= 15 is 4.39 Å². The molecule has 1 saturated heterocycles. The van der Waals surface area contributed by atoms with Gasteiger partial charge in [-0.15, -0.1) is 11.6 Å². The van der Waals surface area contributed by atoms with Crippen molar-refractivity contribution in [2.24, 2.45) is 0 Å². The summed E-state index contributed by atoms with van der Waals surface area (Å²) < 4.78 is 65.9. The molecule has 0 radical (unpaired) electrons. The van der Waals surface area contributed by atoms with Gasteiger partial charge in [0.2, 0.25) is 0 Å². The Morgan fingerprint density at radius 3 is 1.22 bits per heavy atom. The summed E-state index contributed by atoms with van der Waals surface area (Å²) in [4.78, 5) is 69.8. The second-order valence-corrected chi connectivity index (χ2v) is 26.8. The quantitative estimate of drug-likeness (QED) is 0.0410. The molecule has 0 N–H and O–H groups in total. The first-order chi connectivity index (χ1) is 49.6. The number of aryl methyl sites for hydroxylation is 7. The summed E-state index contributed by atoms with van der Waals surface area (Å²) >= 11 is 11.8. The van der Waals surface area contributed by atoms with E-state index in [9.17, 15) is 23.2 Å². The standard InChI is InChI=1S/C29H31FN4O3.C25H23BrFN3O2.C15H18N2.C11H7BrClFO2/c1-21-25(29(35)24-16-26(30)27(17-28(24)37-21)34-12-14-36-15-13-34)20-33(19-23-6-9-31-10-7-23)11-3-5-22-4-2-8-32-18-22;1-17-21(25(31)20-12-23(27)22(26)13-24(20)32-17)16-30(15-19-6-9-28-10-7-19)11-3-5-18-4-2-8-29-14-18;1(2-5-14-8-11-16-12-9-14)3-6-15-7-4-10-17-13-15;1-5-7(4-13)11(15)6-2-9(14)8(12)3-10(6)16-5/h2,4,6-10,16-18H,3,5,11-15,19-20H2,1H3;2,4,6-10,12-14H,3,5,11,15-16H2,1H3;4,7-13H,1-3,5-6H2;2-3H,4H2,1H3. The average Bonchev–Trinajstić information content (AvgIpc) is 0.780. The highest BCUT2D eigenvalue weighted by Crippen LogP contribution is 2.29. The molecule has 3 aromatic carbocycles. The van der Waals surface area contributed by atoms with Crippen molar-refractivity contribution in [3.63, 3.8) is 0 Å². The summed E-state index contributed by atoms with van der Waals surface area (Å²) in [5, 5.41) is 0.738. The lowest BCUT2D eigenvalue weighted by atomic mass is 10.1. The van der Waals surface area contributed by atoms with E-state index in [4.69, 9.17) is 29.6 Å². The molecule has 1 aliphatic heterocycles. The Hall–Kier alpha value is -9.09. The van der Waals surface area contributed by atoms with Crippen molar-refractivity contribution >= 4 is 82.1 Å². The minimum atomic E-state index is -0.496. The predicted octanol–water partition coefficient (Wildman–Crippen LogP) is 17.1. The first kappa shape index (κ1) is 75.6. The van der Waals surface area contributed by atoms with Gasteiger partial charge in [-0.3, -0.25) is 54.1 Å². The smallest absolute Gasteiger partial charge is 0.197 e. The van der Waals surface area contributed by atoms with Crippen molar-refractivity contribution in [3.8, 4) is 0 Å². The molecule has 0 bridgehead atoms. The fourth-order valence-electron chi connectivity index (χ4n) is 12.0. The number of alkyl halides is 1. The van der Waals surface area contributed by atoms with Gasteiger partial charge in [0.05, 0.1) is 66.6 Å². The Bertz CT molecular complexity index is 4820. The molecule has 0 saturated carbocycles. The number of pyridine rings is 6. The molecule has 0 amide bonds. The van der Waals surface area contributed by atoms with Crippen LogP contribution in [0, 0.1) is 38.2 Å². The molecule has 13 rings (SSSR count). The summed E-state index contributed by atoms with van der Waals surface area (Å²) in [6, 6.07) is 32.6. The maximum absolute atomic E-state index is 15.1. The summed E-state index contributed by atoms with van der Waals surface area (Å²) in [5.74, 6) is 0.237. The van der Waals surface area contributed by atoms with Gasteiger partial charge >= 0.3 is 0 Å². The third-order valence-corrected chi connectivity index (χ3v) is 19.0. The molecule has 1 aliphatic rings. The molecule has 16 nitrogen and oxygen atoms in total. The molecule has 9 aromatic heterocycles. The van der Waals surface area contributed by atoms with Gasteiger partial charge in [0.25, 0.3) is 0 Å². The summed E-state index contributed by atoms with van der Waals surface area (Å²) in [7, 11) is 0. The molecule has 0 atom stereocenters. The van der Waals surface area contributed by atoms with Crippen LogP contribution in [0.25, 0.3) is 32.9 Å². The van der Waals surface area contributed by atoms with E-state index in [1.807, 2.05) is 91.5 Å². The van der Waals surface area contributed by atoms with E-state index in [2.05, 4.69) is 102 Å². The maximum Gasteiger partial charge on any atom is 0.197 e. The third-order valence-electron chi connectivity index (χ3n) is 17.5. The molecular formula is C80H79Br2ClF3N9O7. The lowest BCUT2D eigenvalue weighted by Crippen LogP contribution is -2.36. The minimum absolute atomic E-state index is 0.0573. The highest BCUT2D eigenvalue weighted by molar-refractivity contribution is 9.10. The zero-order valence-electron chi connectivity index (χ0n) is 57.1. The number of hydrogen-bond donors (Lipinski definition) is 0. The van der Waals surface area contributed by atoms with Crippen LogP contribution < -0.4 is 21.2 Å². The number of hydrogen-bond acceptors (Lipinski definition) is 16. The van der Waals surface area contributed by atoms with E-state index in [1.54, 1.807) is 57.1 Å². The molecule has 1 fully saturated rings. The Balaban J connectivity index is 0.000000155. The van der Waals surface area contributed by atoms with Crippen LogP contribution in [0.5, 0.6) is 0 Å². The lowest BCUT2D eigenvalue weighted by molar-refractivity contribution is 0.122. The van der Waals surface area contributed by atoms with Crippen LogP contribution in [-0.4, -0.2) is 79.1 Å². The Morgan fingerprint density at radius 1 is 0.431 bits per heavy atom. The molecule has 0 spiro atoms. The number of morpholine rings is 1. The van der Waals surface area contributed by atoms with Crippen molar-refractivity contribution in [1.29, 1.82) is 0 Å². The summed E-state index contributed by atoms with van der Waals surface area (Å²) in [6.07, 6.45) is 31.6. The van der Waals surface area contributed by atoms with Crippen molar-refractivity contribution in [1.82, 2.24) is 39.7 Å². The van der Waals surface area contributed by atoms with Gasteiger partial charge in [0.1, 0.15) is 51.5 Å². The van der Waals surface area contributed by atoms with E-state index in [0.717, 1.165) is 68.8 Å². The van der Waals surface area contributed by atoms with Gasteiger partial charge in [-0.25, -0.2) is 13.2 Å². The second kappa shape index (κ2) is 38.3. The fourth-order valence-corrected chi connectivity index (χ4v) is 13.0. The average molecular weight is 1530 g/mol. The minimum Gasteiger partial charge on any atom is -0.461 e. The molecule has 102 heavy (non-hydrogen) atoms. The molecule has 12 aromatic rings. The van der Waals surface area contributed by atoms with E-state index in [1.165, 1.54) is 65.8 Å². The molecule has 0 aliphatic carbocycles. The zero-order valence-corrected chi connectivity index (χ0v) is 61.0. The number of anilines is 1. The number of unbranched alkanes of at least 4 members (excludes halogenated alkanes) is 2. The number of benzene rings is 3. The Morgan fingerprint density at radius 2 is 0.804 bits per heavy atom. The van der Waals surface area contributed by atoms with Crippen LogP contribution in [-0.2, 0) is 62.5 Å². The van der Waals surface area contributed by atoms with Crippen LogP contribution in [0.15, 0.2) is 220 Å². The Kier molecular flexibility index (Phi) is 28.3. The monoisotopic (exact) mass is 1530 g/mol. The molecule has 528 valence electrons. The van der Waals surface area contributed by atoms with Crippen LogP contribution in [0.3, 0.4) is 0 Å². The van der Waals surface area contributed by atoms with Gasteiger partial charge in [0.15, 0.2) is 16.3 Å². The van der Waals surface area contributed by atoms with Gasteiger partial charge in [0, 0.05) is 120 Å². The fraction of sp³-hybridized carbons (Fsp3) is 0.287. The van der Waals surface area contributed by atoms with Gasteiger partial charge in [-0.1, -0.05) is 24.6 Å². The van der Waals surface area contributed by atoms with Crippen molar-refractivity contribution in [2.75, 3.05) is 44.3 Å². The number of ether oxygens (including phenoxy) is 1. The first-order valence-electron chi connectivity index (χ1n) is 33.8. The first-order valence-corrected chi connectivity index (χ1v) is 36.0. The zero-order chi connectivity index (χ0) is 71.7. The highest BCUT2D eigenvalue weighted by atomic mass is 79.9. The van der Waals surface area contributed by atoms with Crippen LogP contribution in [0.1, 0.15) is 99.5 Å². The van der Waals surface area contributed by atoms with E-state index in [-0.39, 0.29) is 47.3 Å². The second-order valence-electron chi connectivity index (χ2n) is 24.8. The van der Waals surface area contributed by atoms with Crippen LogP contribution in [0.2, 0.25) is 0 Å². The SMILES string of the molecule is Cc1oc2cc(Br)c(F)cc2c(=O)c1CCl.Cc1oc2cc(Br)c(F)cc2c(=O)c1CN(CCCc1cccnc1)Cc1ccncc1.Cc1oc2cc(N3CCOCC3)c(F)cc2c(=O)c1CN(CCCc1cccnc1)Cc1ccncc1.c1cncc(CCCCCc2ccncc2)c1. The van der Waals surface area contributed by atoms with Crippen molar-refractivity contribution in [2.45, 2.75) is 111 Å². The molecule has 22 heteroatoms. The molecular weight excluding hydrogens is 1450 g/mol. The topological polar surface area (TPSA) is 187 Å². The maximum atomic E-state index is 15.1. The van der Waals surface area contributed by atoms with Crippen LogP contribution >= 0.6 is 43.5 Å². The number of rotatable bonds is 24. The molecule has 0 unspecified atom stereocenters. The number of fused-ring (bicyclic) bond motifs is 3. The number of aromatic nitrogens is 6.